The van der Waals surface area contributed by atoms with Gasteiger partial charge in [0.15, 0.2) is 0 Å². The molecule has 0 aliphatic carbocycles. The van der Waals surface area contributed by atoms with Crippen LogP contribution >= 0.6 is 0 Å². The summed E-state index contributed by atoms with van der Waals surface area (Å²) in [6.45, 7) is 8.68. The first-order valence-corrected chi connectivity index (χ1v) is 7.36. The fourth-order valence-corrected chi connectivity index (χ4v) is 1.84. The van der Waals surface area contributed by atoms with Crippen molar-refractivity contribution >= 4 is 12.1 Å². The molecule has 0 bridgehead atoms. The molecule has 0 saturated heterocycles. The maximum absolute atomic E-state index is 11.5. The van der Waals surface area contributed by atoms with Crippen LogP contribution in [-0.4, -0.2) is 12.1 Å². The number of hydrogen-bond acceptors (Lipinski definition) is 2. The van der Waals surface area contributed by atoms with E-state index in [1.54, 1.807) is 6.21 Å². The Kier molecular flexibility index (Phi) is 6.43. The molecule has 0 heterocycles. The van der Waals surface area contributed by atoms with Gasteiger partial charge in [-0.05, 0) is 23.0 Å². The van der Waals surface area contributed by atoms with Gasteiger partial charge in [0.1, 0.15) is 0 Å². The highest BCUT2D eigenvalue weighted by molar-refractivity contribution is 5.82. The summed E-state index contributed by atoms with van der Waals surface area (Å²) in [5, 5.41) is 3.99. The Morgan fingerprint density at radius 2 is 1.85 bits per heavy atom. The highest BCUT2D eigenvalue weighted by atomic mass is 16.2. The van der Waals surface area contributed by atoms with Crippen LogP contribution in [0.3, 0.4) is 0 Å². The Hall–Kier alpha value is -1.64. The third kappa shape index (κ3) is 6.00. The lowest BCUT2D eigenvalue weighted by molar-refractivity contribution is -0.121. The van der Waals surface area contributed by atoms with Crippen molar-refractivity contribution in [3.8, 4) is 0 Å². The lowest BCUT2D eigenvalue weighted by Gasteiger charge is -2.18. The Morgan fingerprint density at radius 1 is 1.20 bits per heavy atom. The maximum atomic E-state index is 11.5. The summed E-state index contributed by atoms with van der Waals surface area (Å²) in [5.41, 5.74) is 5.00. The summed E-state index contributed by atoms with van der Waals surface area (Å²) in [6.07, 6.45) is 5.37. The molecule has 0 spiro atoms. The van der Waals surface area contributed by atoms with Gasteiger partial charge in [0.05, 0.1) is 6.21 Å². The minimum atomic E-state index is -0.0130. The van der Waals surface area contributed by atoms with E-state index in [9.17, 15) is 4.79 Å². The van der Waals surface area contributed by atoms with Crippen LogP contribution < -0.4 is 5.43 Å². The minimum absolute atomic E-state index is 0.0130. The number of carbonyl (C=O) groups is 1. The molecule has 0 fully saturated rings. The van der Waals surface area contributed by atoms with E-state index in [-0.39, 0.29) is 11.3 Å². The first kappa shape index (κ1) is 16.4. The lowest BCUT2D eigenvalue weighted by Crippen LogP contribution is -2.16. The molecule has 1 aromatic rings. The highest BCUT2D eigenvalue weighted by Crippen LogP contribution is 2.21. The standard InChI is InChI=1S/C17H26N2O/c1-5-6-7-8-16(20)19-18-13-14-9-11-15(12-10-14)17(2,3)4/h9-13H,5-8H2,1-4H3,(H,19,20)/b18-13+. The molecule has 110 valence electrons. The van der Waals surface area contributed by atoms with Gasteiger partial charge in [-0.2, -0.15) is 5.10 Å². The SMILES string of the molecule is CCCCCC(=O)N/N=C/c1ccc(C(C)(C)C)cc1. The zero-order chi connectivity index (χ0) is 15.0. The van der Waals surface area contributed by atoms with Crippen LogP contribution in [0.4, 0.5) is 0 Å². The van der Waals surface area contributed by atoms with E-state index < -0.39 is 0 Å². The van der Waals surface area contributed by atoms with E-state index in [4.69, 9.17) is 0 Å². The second-order valence-electron chi connectivity index (χ2n) is 6.12. The van der Waals surface area contributed by atoms with Gasteiger partial charge < -0.3 is 0 Å². The van der Waals surface area contributed by atoms with Crippen molar-refractivity contribution < 1.29 is 4.79 Å². The molecule has 0 aromatic heterocycles. The molecule has 20 heavy (non-hydrogen) atoms. The van der Waals surface area contributed by atoms with Gasteiger partial charge >= 0.3 is 0 Å². The van der Waals surface area contributed by atoms with Gasteiger partial charge in [-0.25, -0.2) is 5.43 Å². The van der Waals surface area contributed by atoms with Gasteiger partial charge in [0, 0.05) is 6.42 Å². The van der Waals surface area contributed by atoms with Crippen molar-refractivity contribution in [3.63, 3.8) is 0 Å². The number of rotatable bonds is 6. The van der Waals surface area contributed by atoms with Gasteiger partial charge in [-0.1, -0.05) is 64.8 Å². The number of amides is 1. The number of benzene rings is 1. The normalized spacial score (nSPS) is 11.8. The number of hydrogen-bond donors (Lipinski definition) is 1. The Balaban J connectivity index is 2.44. The Bertz CT molecular complexity index is 441. The first-order valence-electron chi connectivity index (χ1n) is 7.36. The van der Waals surface area contributed by atoms with Gasteiger partial charge in [-0.3, -0.25) is 4.79 Å². The van der Waals surface area contributed by atoms with Crippen LogP contribution in [0.1, 0.15) is 64.5 Å². The van der Waals surface area contributed by atoms with E-state index >= 15 is 0 Å². The first-order chi connectivity index (χ1) is 9.43. The fourth-order valence-electron chi connectivity index (χ4n) is 1.84. The van der Waals surface area contributed by atoms with Crippen LogP contribution in [0.5, 0.6) is 0 Å². The molecule has 1 aromatic carbocycles. The van der Waals surface area contributed by atoms with Crippen molar-refractivity contribution in [1.82, 2.24) is 5.43 Å². The smallest absolute Gasteiger partial charge is 0.240 e. The minimum Gasteiger partial charge on any atom is -0.273 e. The number of hydrazone groups is 1. The van der Waals surface area contributed by atoms with Crippen molar-refractivity contribution in [2.45, 2.75) is 58.8 Å². The van der Waals surface area contributed by atoms with Gasteiger partial charge in [-0.15, -0.1) is 0 Å². The summed E-state index contributed by atoms with van der Waals surface area (Å²) in [5.74, 6) is -0.0130. The highest BCUT2D eigenvalue weighted by Gasteiger charge is 2.12. The predicted molar refractivity (Wildman–Crippen MR) is 85.0 cm³/mol. The van der Waals surface area contributed by atoms with Crippen LogP contribution in [0.2, 0.25) is 0 Å². The van der Waals surface area contributed by atoms with Crippen LogP contribution in [0.25, 0.3) is 0 Å². The average molecular weight is 274 g/mol. The molecular weight excluding hydrogens is 248 g/mol. The molecular formula is C17H26N2O. The molecule has 3 heteroatoms. The molecule has 0 aliphatic rings. The monoisotopic (exact) mass is 274 g/mol. The molecule has 1 rings (SSSR count). The summed E-state index contributed by atoms with van der Waals surface area (Å²) in [4.78, 5) is 11.5. The van der Waals surface area contributed by atoms with E-state index in [0.717, 1.165) is 24.8 Å². The summed E-state index contributed by atoms with van der Waals surface area (Å²) >= 11 is 0. The molecule has 0 aliphatic heterocycles. The molecule has 1 amide bonds. The fraction of sp³-hybridized carbons (Fsp3) is 0.529. The molecule has 0 radical (unpaired) electrons. The molecule has 3 nitrogen and oxygen atoms in total. The molecule has 0 saturated carbocycles. The lowest BCUT2D eigenvalue weighted by atomic mass is 9.87. The van der Waals surface area contributed by atoms with Crippen LogP contribution in [-0.2, 0) is 10.2 Å². The largest absolute Gasteiger partial charge is 0.273 e. The zero-order valence-corrected chi connectivity index (χ0v) is 13.1. The number of nitrogens with zero attached hydrogens (tertiary/aromatic N) is 1. The molecule has 1 N–H and O–H groups in total. The zero-order valence-electron chi connectivity index (χ0n) is 13.1. The van der Waals surface area contributed by atoms with Crippen LogP contribution in [0, 0.1) is 0 Å². The van der Waals surface area contributed by atoms with Crippen molar-refractivity contribution in [3.05, 3.63) is 35.4 Å². The van der Waals surface area contributed by atoms with E-state index in [0.29, 0.717) is 6.42 Å². The molecule has 0 unspecified atom stereocenters. The second-order valence-corrected chi connectivity index (χ2v) is 6.12. The van der Waals surface area contributed by atoms with E-state index in [1.807, 2.05) is 12.1 Å². The third-order valence-corrected chi connectivity index (χ3v) is 3.19. The number of carbonyl (C=O) groups excluding carboxylic acids is 1. The van der Waals surface area contributed by atoms with E-state index in [1.165, 1.54) is 5.56 Å². The second kappa shape index (κ2) is 7.83. The number of unbranched alkanes of at least 4 members (excludes halogenated alkanes) is 2. The summed E-state index contributed by atoms with van der Waals surface area (Å²) in [7, 11) is 0. The number of nitrogens with one attached hydrogen (secondary N) is 1. The Labute approximate surface area is 122 Å². The predicted octanol–water partition coefficient (Wildman–Crippen LogP) is 4.01. The maximum Gasteiger partial charge on any atom is 0.240 e. The quantitative estimate of drug-likeness (QED) is 0.475. The third-order valence-electron chi connectivity index (χ3n) is 3.19. The topological polar surface area (TPSA) is 41.5 Å². The molecule has 0 atom stereocenters. The Morgan fingerprint density at radius 3 is 2.40 bits per heavy atom. The van der Waals surface area contributed by atoms with Crippen LogP contribution in [0.15, 0.2) is 29.4 Å². The van der Waals surface area contributed by atoms with Gasteiger partial charge in [0.25, 0.3) is 0 Å². The van der Waals surface area contributed by atoms with Gasteiger partial charge in [0.2, 0.25) is 5.91 Å². The summed E-state index contributed by atoms with van der Waals surface area (Å²) in [6, 6.07) is 8.25. The van der Waals surface area contributed by atoms with Crippen molar-refractivity contribution in [2.75, 3.05) is 0 Å². The summed E-state index contributed by atoms with van der Waals surface area (Å²) < 4.78 is 0. The van der Waals surface area contributed by atoms with Crippen molar-refractivity contribution in [1.29, 1.82) is 0 Å². The average Bonchev–Trinajstić information content (AvgIpc) is 2.38. The van der Waals surface area contributed by atoms with Crippen molar-refractivity contribution in [2.24, 2.45) is 5.10 Å². The van der Waals surface area contributed by atoms with E-state index in [2.05, 4.69) is 50.4 Å².